The topological polar surface area (TPSA) is 4.36 Å². The van der Waals surface area contributed by atoms with E-state index >= 15 is 0 Å². The monoisotopic (exact) mass is 377 g/mol. The molecule has 0 aromatic heterocycles. The summed E-state index contributed by atoms with van der Waals surface area (Å²) in [7, 11) is 0. The first-order valence-electron chi connectivity index (χ1n) is 10.1. The van der Waals surface area contributed by atoms with Crippen LogP contribution in [0.5, 0.6) is 0 Å². The van der Waals surface area contributed by atoms with Crippen molar-refractivity contribution in [2.24, 2.45) is 0 Å². The Morgan fingerprint density at radius 2 is 1.23 bits per heavy atom. The van der Waals surface area contributed by atoms with Gasteiger partial charge in [0.15, 0.2) is 5.69 Å². The molecule has 7 rings (SSSR count). The molecule has 0 atom stereocenters. The average Bonchev–Trinajstić information content (AvgIpc) is 3.11. The number of fused-ring (bicyclic) bond motifs is 8. The highest BCUT2D eigenvalue weighted by Gasteiger charge is 2.23. The minimum Gasteiger partial charge on any atom is -0.238 e. The molecule has 0 spiro atoms. The molecule has 1 nitrogen and oxygen atoms in total. The minimum atomic E-state index is 0.686. The van der Waals surface area contributed by atoms with Crippen molar-refractivity contribution in [2.45, 2.75) is 0 Å². The third-order valence-corrected chi connectivity index (χ3v) is 6.55. The predicted octanol–water partition coefficient (Wildman–Crippen LogP) is 8.50. The molecule has 1 heteroatoms. The van der Waals surface area contributed by atoms with Gasteiger partial charge >= 0.3 is 0 Å². The first-order chi connectivity index (χ1) is 14.8. The van der Waals surface area contributed by atoms with E-state index in [0.717, 1.165) is 5.39 Å². The zero-order valence-electron chi connectivity index (χ0n) is 16.1. The van der Waals surface area contributed by atoms with Crippen LogP contribution < -0.4 is 0 Å². The second-order valence-electron chi connectivity index (χ2n) is 8.08. The Bertz CT molecular complexity index is 1750. The molecule has 0 amide bonds. The van der Waals surface area contributed by atoms with Crippen LogP contribution in [0.25, 0.3) is 70.2 Å². The zero-order valence-corrected chi connectivity index (χ0v) is 16.1. The van der Waals surface area contributed by atoms with Gasteiger partial charge in [0.1, 0.15) is 0 Å². The molecule has 0 aliphatic heterocycles. The van der Waals surface area contributed by atoms with Crippen molar-refractivity contribution in [2.75, 3.05) is 0 Å². The lowest BCUT2D eigenvalue weighted by Crippen LogP contribution is -1.83. The Kier molecular flexibility index (Phi) is 2.87. The van der Waals surface area contributed by atoms with Gasteiger partial charge in [0, 0.05) is 0 Å². The van der Waals surface area contributed by atoms with Gasteiger partial charge in [0.25, 0.3) is 0 Å². The summed E-state index contributed by atoms with van der Waals surface area (Å²) >= 11 is 0. The van der Waals surface area contributed by atoms with Crippen LogP contribution in [0.1, 0.15) is 0 Å². The molecule has 0 saturated carbocycles. The normalized spacial score (nSPS) is 12.0. The molecule has 1 aliphatic rings. The van der Waals surface area contributed by atoms with E-state index in [1.807, 2.05) is 12.1 Å². The summed E-state index contributed by atoms with van der Waals surface area (Å²) in [5.41, 5.74) is 5.97. The number of nitrogens with zero attached hydrogens (tertiary/aromatic N) is 1. The van der Waals surface area contributed by atoms with Gasteiger partial charge < -0.3 is 0 Å². The Morgan fingerprint density at radius 3 is 2.03 bits per heavy atom. The fourth-order valence-corrected chi connectivity index (χ4v) is 5.21. The maximum Gasteiger partial charge on any atom is 0.187 e. The van der Waals surface area contributed by atoms with E-state index in [2.05, 4.69) is 83.7 Å². The molecule has 0 bridgehead atoms. The Hall–Kier alpha value is -4.15. The van der Waals surface area contributed by atoms with Crippen LogP contribution in [-0.2, 0) is 0 Å². The van der Waals surface area contributed by atoms with Gasteiger partial charge in [0.05, 0.1) is 6.57 Å². The highest BCUT2D eigenvalue weighted by atomic mass is 14.6. The molecular formula is C29H15N. The van der Waals surface area contributed by atoms with E-state index in [1.165, 1.54) is 60.0 Å². The lowest BCUT2D eigenvalue weighted by molar-refractivity contribution is 1.73. The largest absolute Gasteiger partial charge is 0.238 e. The van der Waals surface area contributed by atoms with Gasteiger partial charge in [-0.1, -0.05) is 66.7 Å². The summed E-state index contributed by atoms with van der Waals surface area (Å²) in [6.45, 7) is 7.33. The summed E-state index contributed by atoms with van der Waals surface area (Å²) in [5.74, 6) is 0. The molecule has 0 radical (unpaired) electrons. The zero-order chi connectivity index (χ0) is 19.8. The predicted molar refractivity (Wildman–Crippen MR) is 127 cm³/mol. The van der Waals surface area contributed by atoms with E-state index in [4.69, 9.17) is 6.57 Å². The lowest BCUT2D eigenvalue weighted by atomic mass is 9.93. The van der Waals surface area contributed by atoms with Gasteiger partial charge in [0.2, 0.25) is 0 Å². The Labute approximate surface area is 173 Å². The molecule has 6 aromatic rings. The van der Waals surface area contributed by atoms with Gasteiger partial charge in [-0.25, -0.2) is 4.85 Å². The first kappa shape index (κ1) is 15.7. The van der Waals surface area contributed by atoms with Crippen molar-refractivity contribution >= 4 is 48.8 Å². The maximum absolute atomic E-state index is 7.33. The van der Waals surface area contributed by atoms with Crippen LogP contribution >= 0.6 is 0 Å². The van der Waals surface area contributed by atoms with Crippen molar-refractivity contribution in [3.63, 3.8) is 0 Å². The minimum absolute atomic E-state index is 0.686. The fourth-order valence-electron chi connectivity index (χ4n) is 5.21. The number of benzene rings is 6. The second kappa shape index (κ2) is 5.47. The molecule has 0 fully saturated rings. The second-order valence-corrected chi connectivity index (χ2v) is 8.08. The maximum atomic E-state index is 7.33. The van der Waals surface area contributed by atoms with E-state index in [-0.39, 0.29) is 0 Å². The SMILES string of the molecule is [C-]#[N+]c1ccc2c(ccc3c4cccc5c4c(cc23)-c2cc3ccccc3cc2-5)c1. The van der Waals surface area contributed by atoms with Crippen LogP contribution in [0.3, 0.4) is 0 Å². The van der Waals surface area contributed by atoms with E-state index in [9.17, 15) is 0 Å². The third-order valence-electron chi connectivity index (χ3n) is 6.55. The highest BCUT2D eigenvalue weighted by molar-refractivity contribution is 6.27. The summed E-state index contributed by atoms with van der Waals surface area (Å²) in [5, 5.41) is 10.1. The lowest BCUT2D eigenvalue weighted by Gasteiger charge is -2.11. The van der Waals surface area contributed by atoms with E-state index in [0.29, 0.717) is 5.69 Å². The summed E-state index contributed by atoms with van der Waals surface area (Å²) in [6, 6.07) is 32.7. The van der Waals surface area contributed by atoms with Crippen molar-refractivity contribution in [1.82, 2.24) is 0 Å². The third kappa shape index (κ3) is 1.91. The molecule has 0 N–H and O–H groups in total. The van der Waals surface area contributed by atoms with E-state index < -0.39 is 0 Å². The summed E-state index contributed by atoms with van der Waals surface area (Å²) < 4.78 is 0. The smallest absolute Gasteiger partial charge is 0.187 e. The van der Waals surface area contributed by atoms with Crippen LogP contribution in [0, 0.1) is 6.57 Å². The molecule has 30 heavy (non-hydrogen) atoms. The summed E-state index contributed by atoms with van der Waals surface area (Å²) in [6.07, 6.45) is 0. The van der Waals surface area contributed by atoms with Crippen LogP contribution in [-0.4, -0.2) is 0 Å². The van der Waals surface area contributed by atoms with Crippen molar-refractivity contribution in [3.05, 3.63) is 102 Å². The number of hydrogen-bond acceptors (Lipinski definition) is 0. The Morgan fingerprint density at radius 1 is 0.467 bits per heavy atom. The van der Waals surface area contributed by atoms with Gasteiger partial charge in [-0.2, -0.15) is 0 Å². The average molecular weight is 377 g/mol. The van der Waals surface area contributed by atoms with Crippen LogP contribution in [0.4, 0.5) is 5.69 Å². The molecule has 0 unspecified atom stereocenters. The molecule has 136 valence electrons. The molecule has 0 heterocycles. The molecule has 6 aromatic carbocycles. The van der Waals surface area contributed by atoms with Gasteiger partial charge in [-0.3, -0.25) is 0 Å². The quantitative estimate of drug-likeness (QED) is 0.184. The number of rotatable bonds is 0. The summed E-state index contributed by atoms with van der Waals surface area (Å²) in [4.78, 5) is 3.60. The van der Waals surface area contributed by atoms with Crippen LogP contribution in [0.15, 0.2) is 91.0 Å². The Balaban J connectivity index is 1.68. The van der Waals surface area contributed by atoms with Crippen LogP contribution in [0.2, 0.25) is 0 Å². The van der Waals surface area contributed by atoms with Crippen molar-refractivity contribution in [1.29, 1.82) is 0 Å². The van der Waals surface area contributed by atoms with E-state index in [1.54, 1.807) is 0 Å². The van der Waals surface area contributed by atoms with Crippen molar-refractivity contribution in [3.8, 4) is 22.3 Å². The first-order valence-corrected chi connectivity index (χ1v) is 10.1. The number of hydrogen-bond donors (Lipinski definition) is 0. The molecule has 0 saturated heterocycles. The standard InChI is InChI=1S/C29H15N/c1-30-20-10-12-21-19(13-20)9-11-22-23-7-4-8-24-25-14-17-5-2-3-6-18(17)15-26(25)28(29(23)24)16-27(21)22/h2-16H. The van der Waals surface area contributed by atoms with Crippen molar-refractivity contribution < 1.29 is 0 Å². The highest BCUT2D eigenvalue weighted by Crippen LogP contribution is 2.51. The molecule has 1 aliphatic carbocycles. The van der Waals surface area contributed by atoms with Gasteiger partial charge in [-0.15, -0.1) is 0 Å². The van der Waals surface area contributed by atoms with Gasteiger partial charge in [-0.05, 0) is 89.6 Å². The fraction of sp³-hybridized carbons (Fsp3) is 0. The molecular weight excluding hydrogens is 362 g/mol.